The highest BCUT2D eigenvalue weighted by molar-refractivity contribution is 9.10. The van der Waals surface area contributed by atoms with E-state index in [1.54, 1.807) is 18.2 Å². The van der Waals surface area contributed by atoms with Crippen molar-refractivity contribution in [1.29, 1.82) is 0 Å². The summed E-state index contributed by atoms with van der Waals surface area (Å²) < 4.78 is 27.9. The Balaban J connectivity index is 1.59. The Hall–Kier alpha value is -2.90. The molecule has 0 unspecified atom stereocenters. The van der Waals surface area contributed by atoms with Gasteiger partial charge >= 0.3 is 0 Å². The zero-order chi connectivity index (χ0) is 21.7. The van der Waals surface area contributed by atoms with E-state index in [4.69, 9.17) is 0 Å². The third kappa shape index (κ3) is 5.58. The molecule has 0 saturated heterocycles. The first-order chi connectivity index (χ1) is 14.2. The molecule has 0 saturated carbocycles. The van der Waals surface area contributed by atoms with Crippen molar-refractivity contribution in [2.75, 3.05) is 11.3 Å². The third-order valence-corrected chi connectivity index (χ3v) is 6.60. The van der Waals surface area contributed by atoms with Gasteiger partial charge in [0.05, 0.1) is 9.82 Å². The van der Waals surface area contributed by atoms with Crippen LogP contribution in [0.1, 0.15) is 15.4 Å². The summed E-state index contributed by atoms with van der Waals surface area (Å²) in [5.41, 5.74) is 0.170. The largest absolute Gasteiger partial charge is 0.352 e. The molecule has 30 heavy (non-hydrogen) atoms. The lowest BCUT2D eigenvalue weighted by molar-refractivity contribution is -0.385. The lowest BCUT2D eigenvalue weighted by Gasteiger charge is -2.04. The average molecular weight is 512 g/mol. The van der Waals surface area contributed by atoms with Crippen LogP contribution in [0.15, 0.2) is 57.9 Å². The van der Waals surface area contributed by atoms with E-state index in [0.29, 0.717) is 17.0 Å². The first-order valence-corrected chi connectivity index (χ1v) is 11.5. The highest BCUT2D eigenvalue weighted by Gasteiger charge is 2.19. The number of nitrogens with zero attached hydrogens (tertiary/aromatic N) is 3. The maximum atomic E-state index is 12.4. The molecule has 0 spiro atoms. The van der Waals surface area contributed by atoms with Crippen molar-refractivity contribution in [2.24, 2.45) is 0 Å². The van der Waals surface area contributed by atoms with Crippen LogP contribution in [0.3, 0.4) is 0 Å². The summed E-state index contributed by atoms with van der Waals surface area (Å²) in [6.45, 7) is 0.289. The highest BCUT2D eigenvalue weighted by Crippen LogP contribution is 2.22. The molecule has 0 bridgehead atoms. The number of hydrogen-bond donors (Lipinski definition) is 2. The second-order valence-electron chi connectivity index (χ2n) is 5.88. The topological polar surface area (TPSA) is 144 Å². The molecular formula is C17H14BrN5O5S2. The Labute approximate surface area is 183 Å². The van der Waals surface area contributed by atoms with Crippen LogP contribution in [0.5, 0.6) is 0 Å². The van der Waals surface area contributed by atoms with Gasteiger partial charge in [0.25, 0.3) is 21.6 Å². The number of amides is 1. The SMILES string of the molecule is O=C(NCCc1nnc(NS(=O)(=O)c2cccc([N+](=O)[O-])c2)s1)c1cccc(Br)c1. The molecule has 0 atom stereocenters. The van der Waals surface area contributed by atoms with Crippen molar-refractivity contribution in [1.82, 2.24) is 15.5 Å². The fourth-order valence-corrected chi connectivity index (χ4v) is 4.76. The summed E-state index contributed by atoms with van der Waals surface area (Å²) in [5.74, 6) is -0.243. The van der Waals surface area contributed by atoms with Crippen molar-refractivity contribution in [3.8, 4) is 0 Å². The van der Waals surface area contributed by atoms with Gasteiger partial charge in [0, 0.05) is 35.1 Å². The number of hydrogen-bond acceptors (Lipinski definition) is 8. The molecule has 1 aromatic heterocycles. The maximum Gasteiger partial charge on any atom is 0.270 e. The Morgan fingerprint density at radius 3 is 2.67 bits per heavy atom. The fraction of sp³-hybridized carbons (Fsp3) is 0.118. The van der Waals surface area contributed by atoms with Crippen molar-refractivity contribution >= 4 is 54.0 Å². The molecule has 0 radical (unpaired) electrons. The van der Waals surface area contributed by atoms with Gasteiger partial charge in [0.2, 0.25) is 5.13 Å². The Kier molecular flexibility index (Phi) is 6.74. The van der Waals surface area contributed by atoms with Crippen molar-refractivity contribution in [3.05, 3.63) is 73.7 Å². The predicted octanol–water partition coefficient (Wildman–Crippen LogP) is 2.98. The summed E-state index contributed by atoms with van der Waals surface area (Å²) >= 11 is 4.31. The molecule has 3 rings (SSSR count). The van der Waals surface area contributed by atoms with Gasteiger partial charge in [0.15, 0.2) is 0 Å². The molecule has 2 N–H and O–H groups in total. The van der Waals surface area contributed by atoms with Gasteiger partial charge in [-0.3, -0.25) is 19.6 Å². The van der Waals surface area contributed by atoms with Crippen LogP contribution >= 0.6 is 27.3 Å². The third-order valence-electron chi connectivity index (χ3n) is 3.74. The molecule has 1 amide bonds. The van der Waals surface area contributed by atoms with Crippen LogP contribution in [0, 0.1) is 10.1 Å². The molecule has 156 valence electrons. The number of carbonyl (C=O) groups excluding carboxylic acids is 1. The first kappa shape index (κ1) is 21.8. The molecule has 2 aromatic carbocycles. The lowest BCUT2D eigenvalue weighted by Crippen LogP contribution is -2.25. The molecule has 1 heterocycles. The fourth-order valence-electron chi connectivity index (χ4n) is 2.35. The van der Waals surface area contributed by atoms with Gasteiger partial charge in [0.1, 0.15) is 5.01 Å². The summed E-state index contributed by atoms with van der Waals surface area (Å²) in [6.07, 6.45) is 0.357. The Bertz CT molecular complexity index is 1200. The van der Waals surface area contributed by atoms with Gasteiger partial charge < -0.3 is 5.32 Å². The normalized spacial score (nSPS) is 11.1. The summed E-state index contributed by atoms with van der Waals surface area (Å²) in [7, 11) is -4.05. The van der Waals surface area contributed by atoms with E-state index in [2.05, 4.69) is 36.2 Å². The van der Waals surface area contributed by atoms with Gasteiger partial charge in [-0.25, -0.2) is 8.42 Å². The Morgan fingerprint density at radius 2 is 1.93 bits per heavy atom. The van der Waals surface area contributed by atoms with Gasteiger partial charge in [-0.2, -0.15) is 0 Å². The molecule has 0 aliphatic rings. The highest BCUT2D eigenvalue weighted by atomic mass is 79.9. The number of anilines is 1. The molecule has 0 aliphatic heterocycles. The Morgan fingerprint density at radius 1 is 1.17 bits per heavy atom. The second-order valence-corrected chi connectivity index (χ2v) is 9.54. The standard InChI is InChI=1S/C17H14BrN5O5S2/c18-12-4-1-3-11(9-12)16(24)19-8-7-15-20-21-17(29-15)22-30(27,28)14-6-2-5-13(10-14)23(25)26/h1-6,9-10H,7-8H2,(H,19,24)(H,21,22). The van der Waals surface area contributed by atoms with Gasteiger partial charge in [-0.1, -0.05) is 39.4 Å². The number of rotatable bonds is 8. The molecular weight excluding hydrogens is 498 g/mol. The molecule has 0 fully saturated rings. The van der Waals surface area contributed by atoms with Crippen molar-refractivity contribution < 1.29 is 18.1 Å². The average Bonchev–Trinajstić information content (AvgIpc) is 3.14. The molecule has 0 aliphatic carbocycles. The van der Waals surface area contributed by atoms with E-state index in [0.717, 1.165) is 21.9 Å². The van der Waals surface area contributed by atoms with E-state index in [1.165, 1.54) is 18.2 Å². The van der Waals surface area contributed by atoms with Gasteiger partial charge in [-0.05, 0) is 24.3 Å². The number of halogens is 1. The number of nitrogens with one attached hydrogen (secondary N) is 2. The van der Waals surface area contributed by atoms with E-state index in [9.17, 15) is 23.3 Å². The van der Waals surface area contributed by atoms with Crippen LogP contribution in [-0.4, -0.2) is 36.0 Å². The van der Waals surface area contributed by atoms with Crippen LogP contribution < -0.4 is 10.0 Å². The number of non-ortho nitro benzene ring substituents is 1. The van der Waals surface area contributed by atoms with E-state index < -0.39 is 14.9 Å². The quantitative estimate of drug-likeness (QED) is 0.349. The summed E-state index contributed by atoms with van der Waals surface area (Å²) in [4.78, 5) is 22.0. The second kappa shape index (κ2) is 9.28. The minimum absolute atomic E-state index is 0.0230. The number of benzene rings is 2. The molecule has 13 heteroatoms. The molecule has 10 nitrogen and oxygen atoms in total. The minimum atomic E-state index is -4.05. The summed E-state index contributed by atoms with van der Waals surface area (Å²) in [5, 5.41) is 21.8. The van der Waals surface area contributed by atoms with Crippen LogP contribution in [0.4, 0.5) is 10.8 Å². The monoisotopic (exact) mass is 511 g/mol. The van der Waals surface area contributed by atoms with Crippen molar-refractivity contribution in [2.45, 2.75) is 11.3 Å². The van der Waals surface area contributed by atoms with E-state index in [-0.39, 0.29) is 28.2 Å². The van der Waals surface area contributed by atoms with Crippen LogP contribution in [-0.2, 0) is 16.4 Å². The number of nitro benzene ring substituents is 1. The van der Waals surface area contributed by atoms with Crippen LogP contribution in [0.25, 0.3) is 0 Å². The smallest absolute Gasteiger partial charge is 0.270 e. The molecule has 3 aromatic rings. The summed E-state index contributed by atoms with van der Waals surface area (Å²) in [6, 6.07) is 11.6. The lowest BCUT2D eigenvalue weighted by atomic mass is 10.2. The zero-order valence-electron chi connectivity index (χ0n) is 15.1. The minimum Gasteiger partial charge on any atom is -0.352 e. The number of sulfonamides is 1. The zero-order valence-corrected chi connectivity index (χ0v) is 18.3. The van der Waals surface area contributed by atoms with E-state index >= 15 is 0 Å². The van der Waals surface area contributed by atoms with Gasteiger partial charge in [-0.15, -0.1) is 10.2 Å². The van der Waals surface area contributed by atoms with E-state index in [1.807, 2.05) is 6.07 Å². The predicted molar refractivity (Wildman–Crippen MR) is 114 cm³/mol. The maximum absolute atomic E-state index is 12.4. The number of aromatic nitrogens is 2. The van der Waals surface area contributed by atoms with Crippen LogP contribution in [0.2, 0.25) is 0 Å². The number of carbonyl (C=O) groups is 1. The van der Waals surface area contributed by atoms with Crippen molar-refractivity contribution in [3.63, 3.8) is 0 Å². The first-order valence-electron chi connectivity index (χ1n) is 8.38. The number of nitro groups is 1.